The number of alkyl halides is 1. The number of rotatable bonds is 6. The molecule has 1 aliphatic heterocycles. The van der Waals surface area contributed by atoms with Crippen molar-refractivity contribution in [2.75, 3.05) is 12.4 Å². The Kier molecular flexibility index (Phi) is 6.17. The summed E-state index contributed by atoms with van der Waals surface area (Å²) in [7, 11) is -7.80. The van der Waals surface area contributed by atoms with Crippen molar-refractivity contribution in [2.24, 2.45) is 0 Å². The average molecular weight is 444 g/mol. The smallest absolute Gasteiger partial charge is 0.262 e. The Morgan fingerprint density at radius 1 is 0.929 bits per heavy atom. The third-order valence-corrected chi connectivity index (χ3v) is 8.37. The molecule has 2 unspecified atom stereocenters. The van der Waals surface area contributed by atoms with Crippen LogP contribution in [0.3, 0.4) is 0 Å². The van der Waals surface area contributed by atoms with Crippen molar-refractivity contribution in [3.8, 4) is 0 Å². The predicted octanol–water partition coefficient (Wildman–Crippen LogP) is 3.08. The van der Waals surface area contributed by atoms with E-state index in [1.54, 1.807) is 24.3 Å². The first-order chi connectivity index (χ1) is 13.1. The molecular formula is C19H22ClNO5S2. The van der Waals surface area contributed by atoms with Gasteiger partial charge in [-0.2, -0.15) is 12.7 Å². The Morgan fingerprint density at radius 3 is 1.93 bits per heavy atom. The zero-order valence-electron chi connectivity index (χ0n) is 15.6. The summed E-state index contributed by atoms with van der Waals surface area (Å²) in [5.41, 5.74) is 1.87. The fraction of sp³-hybridized carbons (Fsp3) is 0.368. The van der Waals surface area contributed by atoms with Crippen molar-refractivity contribution in [1.82, 2.24) is 4.31 Å². The third kappa shape index (κ3) is 4.41. The number of sulfonamides is 1. The van der Waals surface area contributed by atoms with Crippen molar-refractivity contribution in [2.45, 2.75) is 42.2 Å². The van der Waals surface area contributed by atoms with Crippen LogP contribution in [0.4, 0.5) is 0 Å². The van der Waals surface area contributed by atoms with Gasteiger partial charge in [-0.05, 0) is 44.5 Å². The van der Waals surface area contributed by atoms with Crippen LogP contribution in [0, 0.1) is 13.8 Å². The molecule has 28 heavy (non-hydrogen) atoms. The molecule has 3 rings (SSSR count). The van der Waals surface area contributed by atoms with Gasteiger partial charge in [0.05, 0.1) is 15.9 Å². The minimum absolute atomic E-state index is 0.0420. The minimum Gasteiger partial charge on any atom is -0.262 e. The Bertz CT molecular complexity index is 1030. The third-order valence-electron chi connectivity index (χ3n) is 4.70. The molecule has 2 aromatic rings. The van der Waals surface area contributed by atoms with Crippen molar-refractivity contribution in [3.05, 3.63) is 59.7 Å². The summed E-state index contributed by atoms with van der Waals surface area (Å²) in [6.45, 7) is 3.65. The molecule has 1 heterocycles. The van der Waals surface area contributed by atoms with E-state index >= 15 is 0 Å². The highest BCUT2D eigenvalue weighted by Crippen LogP contribution is 2.30. The maximum Gasteiger partial charge on any atom is 0.297 e. The number of benzene rings is 2. The Balaban J connectivity index is 1.81. The van der Waals surface area contributed by atoms with Gasteiger partial charge in [-0.3, -0.25) is 4.18 Å². The second-order valence-electron chi connectivity index (χ2n) is 6.92. The van der Waals surface area contributed by atoms with Gasteiger partial charge < -0.3 is 0 Å². The number of halogens is 1. The van der Waals surface area contributed by atoms with Crippen LogP contribution in [0.1, 0.15) is 17.5 Å². The lowest BCUT2D eigenvalue weighted by Crippen LogP contribution is -2.37. The van der Waals surface area contributed by atoms with Crippen LogP contribution >= 0.6 is 11.6 Å². The summed E-state index contributed by atoms with van der Waals surface area (Å²) in [6, 6.07) is 12.3. The van der Waals surface area contributed by atoms with Crippen LogP contribution in [0.25, 0.3) is 0 Å². The van der Waals surface area contributed by atoms with E-state index in [9.17, 15) is 16.8 Å². The van der Waals surface area contributed by atoms with Crippen molar-refractivity contribution in [3.63, 3.8) is 0 Å². The molecular weight excluding hydrogens is 422 g/mol. The van der Waals surface area contributed by atoms with Gasteiger partial charge in [-0.15, -0.1) is 11.6 Å². The van der Waals surface area contributed by atoms with Crippen molar-refractivity contribution >= 4 is 31.7 Å². The SMILES string of the molecule is Cc1ccc(S(=O)(=O)OC2CC(CCl)N(S(=O)(=O)c3ccc(C)cc3)C2)cc1. The van der Waals surface area contributed by atoms with Gasteiger partial charge in [-0.25, -0.2) is 8.42 Å². The van der Waals surface area contributed by atoms with E-state index in [1.165, 1.54) is 28.6 Å². The number of aryl methyl sites for hydroxylation is 2. The monoisotopic (exact) mass is 443 g/mol. The molecule has 0 bridgehead atoms. The molecule has 9 heteroatoms. The summed E-state index contributed by atoms with van der Waals surface area (Å²) >= 11 is 5.98. The second-order valence-corrected chi connectivity index (χ2v) is 10.7. The van der Waals surface area contributed by atoms with Crippen LogP contribution in [0.2, 0.25) is 0 Å². The van der Waals surface area contributed by atoms with Gasteiger partial charge in [0.25, 0.3) is 10.1 Å². The maximum absolute atomic E-state index is 13.0. The van der Waals surface area contributed by atoms with Gasteiger partial charge in [0.2, 0.25) is 10.0 Å². The van der Waals surface area contributed by atoms with Crippen molar-refractivity contribution in [1.29, 1.82) is 0 Å². The summed E-state index contributed by atoms with van der Waals surface area (Å²) in [5.74, 6) is 0.0511. The summed E-state index contributed by atoms with van der Waals surface area (Å²) in [5, 5.41) is 0. The van der Waals surface area contributed by atoms with E-state index in [0.717, 1.165) is 11.1 Å². The number of hydrogen-bond acceptors (Lipinski definition) is 5. The lowest BCUT2D eigenvalue weighted by atomic mass is 10.2. The molecule has 0 spiro atoms. The Hall–Kier alpha value is -1.45. The first-order valence-electron chi connectivity index (χ1n) is 8.78. The molecule has 1 fully saturated rings. The zero-order valence-corrected chi connectivity index (χ0v) is 18.0. The van der Waals surface area contributed by atoms with Gasteiger partial charge >= 0.3 is 0 Å². The first kappa shape index (κ1) is 21.3. The predicted molar refractivity (Wildman–Crippen MR) is 107 cm³/mol. The van der Waals surface area contributed by atoms with Crippen LogP contribution in [-0.2, 0) is 24.3 Å². The van der Waals surface area contributed by atoms with Crippen LogP contribution in [0.15, 0.2) is 58.3 Å². The van der Waals surface area contributed by atoms with Crippen LogP contribution < -0.4 is 0 Å². The lowest BCUT2D eigenvalue weighted by Gasteiger charge is -2.22. The maximum atomic E-state index is 13.0. The molecule has 1 aliphatic rings. The van der Waals surface area contributed by atoms with Gasteiger partial charge in [0.1, 0.15) is 0 Å². The Labute approximate surface area is 171 Å². The summed E-state index contributed by atoms with van der Waals surface area (Å²) in [4.78, 5) is 0.190. The highest BCUT2D eigenvalue weighted by molar-refractivity contribution is 7.89. The van der Waals surface area contributed by atoms with Crippen molar-refractivity contribution < 1.29 is 21.0 Å². The molecule has 6 nitrogen and oxygen atoms in total. The lowest BCUT2D eigenvalue weighted by molar-refractivity contribution is 0.222. The Morgan fingerprint density at radius 2 is 1.43 bits per heavy atom. The topological polar surface area (TPSA) is 80.8 Å². The largest absolute Gasteiger partial charge is 0.297 e. The zero-order chi connectivity index (χ0) is 20.5. The molecule has 1 saturated heterocycles. The fourth-order valence-electron chi connectivity index (χ4n) is 3.13. The fourth-order valence-corrected chi connectivity index (χ4v) is 6.25. The van der Waals surface area contributed by atoms with E-state index < -0.39 is 32.3 Å². The van der Waals surface area contributed by atoms with Gasteiger partial charge in [0, 0.05) is 18.5 Å². The van der Waals surface area contributed by atoms with E-state index in [1.807, 2.05) is 13.8 Å². The highest BCUT2D eigenvalue weighted by Gasteiger charge is 2.42. The molecule has 0 aliphatic carbocycles. The minimum atomic E-state index is -4.00. The van der Waals surface area contributed by atoms with Gasteiger partial charge in [-0.1, -0.05) is 35.4 Å². The first-order valence-corrected chi connectivity index (χ1v) is 12.2. The summed E-state index contributed by atoms with van der Waals surface area (Å²) < 4.78 is 57.6. The quantitative estimate of drug-likeness (QED) is 0.506. The van der Waals surface area contributed by atoms with E-state index in [2.05, 4.69) is 0 Å². The van der Waals surface area contributed by atoms with Crippen LogP contribution in [0.5, 0.6) is 0 Å². The van der Waals surface area contributed by atoms with E-state index in [4.69, 9.17) is 15.8 Å². The molecule has 152 valence electrons. The number of hydrogen-bond donors (Lipinski definition) is 0. The standard InChI is InChI=1S/C19H22ClNO5S2/c1-14-3-7-18(8-4-14)27(22,23)21-13-17(11-16(21)12-20)26-28(24,25)19-9-5-15(2)6-10-19/h3-10,16-17H,11-13H2,1-2H3. The molecule has 2 aromatic carbocycles. The highest BCUT2D eigenvalue weighted by atomic mass is 35.5. The number of nitrogens with zero attached hydrogens (tertiary/aromatic N) is 1. The average Bonchev–Trinajstić information content (AvgIpc) is 3.05. The van der Waals surface area contributed by atoms with Crippen LogP contribution in [-0.4, -0.2) is 45.7 Å². The molecule has 0 saturated carbocycles. The molecule has 0 amide bonds. The molecule has 0 radical (unpaired) electrons. The molecule has 2 atom stereocenters. The van der Waals surface area contributed by atoms with E-state index in [-0.39, 0.29) is 28.6 Å². The molecule has 0 N–H and O–H groups in total. The second kappa shape index (κ2) is 8.12. The van der Waals surface area contributed by atoms with Gasteiger partial charge in [0.15, 0.2) is 0 Å². The molecule has 0 aromatic heterocycles. The van der Waals surface area contributed by atoms with E-state index in [0.29, 0.717) is 0 Å². The summed E-state index contributed by atoms with van der Waals surface area (Å²) in [6.07, 6.45) is -0.588. The normalized spacial score (nSPS) is 21.1.